The van der Waals surface area contributed by atoms with Crippen LogP contribution < -0.4 is 10.1 Å². The van der Waals surface area contributed by atoms with Gasteiger partial charge in [-0.15, -0.1) is 0 Å². The molecule has 1 aromatic carbocycles. The van der Waals surface area contributed by atoms with Crippen molar-refractivity contribution in [3.8, 4) is 5.88 Å². The smallest absolute Gasteiger partial charge is 0.253 e. The Morgan fingerprint density at radius 3 is 2.85 bits per heavy atom. The summed E-state index contributed by atoms with van der Waals surface area (Å²) < 4.78 is 5.03. The lowest BCUT2D eigenvalue weighted by molar-refractivity contribution is 0.0950. The number of amides is 1. The molecule has 2 aromatic rings. The Labute approximate surface area is 122 Å². The minimum Gasteiger partial charge on any atom is -0.481 e. The summed E-state index contributed by atoms with van der Waals surface area (Å²) in [6.45, 7) is 2.24. The molecular weight excluding hydrogens is 276 g/mol. The lowest BCUT2D eigenvalue weighted by Crippen LogP contribution is -2.23. The predicted molar refractivity (Wildman–Crippen MR) is 78.1 cm³/mol. The zero-order chi connectivity index (χ0) is 14.5. The van der Waals surface area contributed by atoms with E-state index in [1.807, 2.05) is 25.1 Å². The average molecular weight is 291 g/mol. The summed E-state index contributed by atoms with van der Waals surface area (Å²) in [4.78, 5) is 16.3. The van der Waals surface area contributed by atoms with Gasteiger partial charge in [0.15, 0.2) is 0 Å². The van der Waals surface area contributed by atoms with Gasteiger partial charge in [-0.1, -0.05) is 23.7 Å². The van der Waals surface area contributed by atoms with Crippen LogP contribution >= 0.6 is 11.6 Å². The molecule has 0 atom stereocenters. The molecule has 1 amide bonds. The number of hydrogen-bond donors (Lipinski definition) is 1. The van der Waals surface area contributed by atoms with E-state index < -0.39 is 0 Å². The van der Waals surface area contributed by atoms with Crippen LogP contribution in [0.1, 0.15) is 21.6 Å². The van der Waals surface area contributed by atoms with Crippen molar-refractivity contribution in [2.24, 2.45) is 0 Å². The van der Waals surface area contributed by atoms with Crippen molar-refractivity contribution in [2.75, 3.05) is 7.11 Å². The van der Waals surface area contributed by atoms with Crippen molar-refractivity contribution in [3.05, 3.63) is 58.2 Å². The first-order valence-corrected chi connectivity index (χ1v) is 6.52. The van der Waals surface area contributed by atoms with Gasteiger partial charge in [-0.25, -0.2) is 4.98 Å². The number of carbonyl (C=O) groups excluding carboxylic acids is 1. The zero-order valence-electron chi connectivity index (χ0n) is 11.3. The molecule has 0 saturated heterocycles. The largest absolute Gasteiger partial charge is 0.481 e. The van der Waals surface area contributed by atoms with E-state index in [1.165, 1.54) is 0 Å². The van der Waals surface area contributed by atoms with Gasteiger partial charge < -0.3 is 10.1 Å². The summed E-state index contributed by atoms with van der Waals surface area (Å²) in [6.07, 6.45) is 0. The zero-order valence-corrected chi connectivity index (χ0v) is 12.1. The molecule has 20 heavy (non-hydrogen) atoms. The molecule has 5 heteroatoms. The Hall–Kier alpha value is -2.07. The Bertz CT molecular complexity index is 629. The average Bonchev–Trinajstić information content (AvgIpc) is 2.45. The maximum Gasteiger partial charge on any atom is 0.253 e. The highest BCUT2D eigenvalue weighted by Crippen LogP contribution is 2.17. The van der Waals surface area contributed by atoms with Crippen molar-refractivity contribution in [1.82, 2.24) is 10.3 Å². The SMILES string of the molecule is COc1cccc(CNC(=O)c2ccc(C)cc2Cl)n1. The van der Waals surface area contributed by atoms with Crippen molar-refractivity contribution in [1.29, 1.82) is 0 Å². The van der Waals surface area contributed by atoms with E-state index in [1.54, 1.807) is 25.3 Å². The third-order valence-corrected chi connectivity index (χ3v) is 3.10. The summed E-state index contributed by atoms with van der Waals surface area (Å²) in [5, 5.41) is 3.23. The molecule has 2 rings (SSSR count). The lowest BCUT2D eigenvalue weighted by Gasteiger charge is -2.08. The van der Waals surface area contributed by atoms with E-state index in [0.717, 1.165) is 11.3 Å². The quantitative estimate of drug-likeness (QED) is 0.942. The lowest BCUT2D eigenvalue weighted by atomic mass is 10.1. The fourth-order valence-electron chi connectivity index (χ4n) is 1.74. The second-order valence-corrected chi connectivity index (χ2v) is 4.74. The Balaban J connectivity index is 2.04. The number of aryl methyl sites for hydroxylation is 1. The molecule has 0 aliphatic heterocycles. The number of rotatable bonds is 4. The third-order valence-electron chi connectivity index (χ3n) is 2.79. The highest BCUT2D eigenvalue weighted by molar-refractivity contribution is 6.33. The van der Waals surface area contributed by atoms with Crippen molar-refractivity contribution in [2.45, 2.75) is 13.5 Å². The number of halogens is 1. The van der Waals surface area contributed by atoms with Crippen molar-refractivity contribution < 1.29 is 9.53 Å². The highest BCUT2D eigenvalue weighted by atomic mass is 35.5. The van der Waals surface area contributed by atoms with Gasteiger partial charge in [-0.2, -0.15) is 0 Å². The Morgan fingerprint density at radius 1 is 1.35 bits per heavy atom. The van der Waals surface area contributed by atoms with Gasteiger partial charge in [0.25, 0.3) is 5.91 Å². The Kier molecular flexibility index (Phi) is 4.58. The van der Waals surface area contributed by atoms with Crippen LogP contribution in [0.4, 0.5) is 0 Å². The van der Waals surface area contributed by atoms with Crippen LogP contribution in [0.15, 0.2) is 36.4 Å². The van der Waals surface area contributed by atoms with Crippen LogP contribution in [0, 0.1) is 6.92 Å². The van der Waals surface area contributed by atoms with Gasteiger partial charge in [0.2, 0.25) is 5.88 Å². The van der Waals surface area contributed by atoms with E-state index in [9.17, 15) is 4.79 Å². The van der Waals surface area contributed by atoms with Crippen LogP contribution in [-0.2, 0) is 6.54 Å². The molecule has 0 saturated carbocycles. The summed E-state index contributed by atoms with van der Waals surface area (Å²) in [5.74, 6) is 0.296. The van der Waals surface area contributed by atoms with E-state index in [2.05, 4.69) is 10.3 Å². The molecule has 1 aromatic heterocycles. The van der Waals surface area contributed by atoms with E-state index in [4.69, 9.17) is 16.3 Å². The molecule has 0 aliphatic carbocycles. The minimum absolute atomic E-state index is 0.223. The summed E-state index contributed by atoms with van der Waals surface area (Å²) in [7, 11) is 1.55. The van der Waals surface area contributed by atoms with E-state index >= 15 is 0 Å². The second kappa shape index (κ2) is 6.39. The summed E-state index contributed by atoms with van der Waals surface area (Å²) >= 11 is 6.06. The molecule has 104 valence electrons. The number of aromatic nitrogens is 1. The van der Waals surface area contributed by atoms with Gasteiger partial charge in [0, 0.05) is 6.07 Å². The van der Waals surface area contributed by atoms with Gasteiger partial charge in [0.1, 0.15) is 0 Å². The van der Waals surface area contributed by atoms with Gasteiger partial charge in [-0.3, -0.25) is 4.79 Å². The number of nitrogens with zero attached hydrogens (tertiary/aromatic N) is 1. The number of methoxy groups -OCH3 is 1. The molecule has 1 heterocycles. The normalized spacial score (nSPS) is 10.2. The monoisotopic (exact) mass is 290 g/mol. The molecule has 1 N–H and O–H groups in total. The second-order valence-electron chi connectivity index (χ2n) is 4.34. The van der Waals surface area contributed by atoms with Crippen LogP contribution in [0.5, 0.6) is 5.88 Å². The molecular formula is C15H15ClN2O2. The molecule has 0 unspecified atom stereocenters. The minimum atomic E-state index is -0.223. The Morgan fingerprint density at radius 2 is 2.15 bits per heavy atom. The maximum atomic E-state index is 12.1. The standard InChI is InChI=1S/C15H15ClN2O2/c1-10-6-7-12(13(16)8-10)15(19)17-9-11-4-3-5-14(18-11)20-2/h3-8H,9H2,1-2H3,(H,17,19). The van der Waals surface area contributed by atoms with Crippen molar-refractivity contribution >= 4 is 17.5 Å². The number of benzene rings is 1. The van der Waals surface area contributed by atoms with E-state index in [0.29, 0.717) is 23.0 Å². The van der Waals surface area contributed by atoms with Crippen LogP contribution in [-0.4, -0.2) is 18.0 Å². The number of ether oxygens (including phenoxy) is 1. The molecule has 0 radical (unpaired) electrons. The maximum absolute atomic E-state index is 12.1. The molecule has 0 bridgehead atoms. The van der Waals surface area contributed by atoms with Crippen LogP contribution in [0.25, 0.3) is 0 Å². The van der Waals surface area contributed by atoms with Gasteiger partial charge in [0.05, 0.1) is 29.9 Å². The predicted octanol–water partition coefficient (Wildman–Crippen LogP) is 2.98. The third kappa shape index (κ3) is 3.48. The van der Waals surface area contributed by atoms with E-state index in [-0.39, 0.29) is 5.91 Å². The van der Waals surface area contributed by atoms with Gasteiger partial charge >= 0.3 is 0 Å². The topological polar surface area (TPSA) is 51.2 Å². The fourth-order valence-corrected chi connectivity index (χ4v) is 2.06. The van der Waals surface area contributed by atoms with Crippen molar-refractivity contribution in [3.63, 3.8) is 0 Å². The number of nitrogens with one attached hydrogen (secondary N) is 1. The fraction of sp³-hybridized carbons (Fsp3) is 0.200. The molecule has 0 spiro atoms. The number of hydrogen-bond acceptors (Lipinski definition) is 3. The molecule has 4 nitrogen and oxygen atoms in total. The number of pyridine rings is 1. The number of carbonyl (C=O) groups is 1. The van der Waals surface area contributed by atoms with Crippen LogP contribution in [0.3, 0.4) is 0 Å². The highest BCUT2D eigenvalue weighted by Gasteiger charge is 2.10. The first-order valence-electron chi connectivity index (χ1n) is 6.14. The first-order chi connectivity index (χ1) is 9.60. The van der Waals surface area contributed by atoms with Crippen LogP contribution in [0.2, 0.25) is 5.02 Å². The molecule has 0 aliphatic rings. The van der Waals surface area contributed by atoms with Gasteiger partial charge in [-0.05, 0) is 30.7 Å². The summed E-state index contributed by atoms with van der Waals surface area (Å²) in [6, 6.07) is 10.7. The summed E-state index contributed by atoms with van der Waals surface area (Å²) in [5.41, 5.74) is 2.20. The molecule has 0 fully saturated rings. The first kappa shape index (κ1) is 14.3.